The Hall–Kier alpha value is -4.63. The van der Waals surface area contributed by atoms with Crippen LogP contribution >= 0.6 is 0 Å². The van der Waals surface area contributed by atoms with E-state index in [0.717, 1.165) is 17.7 Å². The van der Waals surface area contributed by atoms with E-state index < -0.39 is 26.8 Å². The van der Waals surface area contributed by atoms with Gasteiger partial charge in [-0.3, -0.25) is 4.18 Å². The maximum Gasteiger partial charge on any atom is 0.416 e. The molecule has 3 aromatic carbocycles. The van der Waals surface area contributed by atoms with Crippen LogP contribution in [0.15, 0.2) is 65.6 Å². The molecule has 0 aliphatic carbocycles. The first-order chi connectivity index (χ1) is 20.5. The van der Waals surface area contributed by atoms with E-state index in [1.165, 1.54) is 11.6 Å². The number of halogens is 3. The van der Waals surface area contributed by atoms with E-state index in [9.17, 15) is 21.6 Å². The molecule has 0 radical (unpaired) electrons. The smallest absolute Gasteiger partial charge is 0.416 e. The lowest BCUT2D eigenvalue weighted by Gasteiger charge is -2.13. The first kappa shape index (κ1) is 29.8. The van der Waals surface area contributed by atoms with E-state index in [1.54, 1.807) is 44.6 Å². The van der Waals surface area contributed by atoms with Gasteiger partial charge in [-0.2, -0.15) is 26.1 Å². The fourth-order valence-corrected chi connectivity index (χ4v) is 5.23. The molecule has 0 amide bonds. The summed E-state index contributed by atoms with van der Waals surface area (Å²) in [5.41, 5.74) is 0.823. The van der Waals surface area contributed by atoms with Crippen molar-refractivity contribution in [3.05, 3.63) is 77.6 Å². The van der Waals surface area contributed by atoms with E-state index in [0.29, 0.717) is 58.4 Å². The molecule has 5 rings (SSSR count). The van der Waals surface area contributed by atoms with Crippen molar-refractivity contribution in [1.82, 2.24) is 19.6 Å². The summed E-state index contributed by atoms with van der Waals surface area (Å²) in [5, 5.41) is 8.42. The van der Waals surface area contributed by atoms with Gasteiger partial charge in [-0.25, -0.2) is 9.97 Å². The topological polar surface area (TPSA) is 126 Å². The highest BCUT2D eigenvalue weighted by Gasteiger charge is 2.30. The largest absolute Gasteiger partial charge is 0.497 e. The number of anilines is 1. The number of ether oxygens (including phenoxy) is 3. The summed E-state index contributed by atoms with van der Waals surface area (Å²) in [6.07, 6.45) is -4.60. The Bertz CT molecular complexity index is 1880. The summed E-state index contributed by atoms with van der Waals surface area (Å²) in [6.45, 7) is -0.0413. The number of nitrogens with zero attached hydrogens (tertiary/aromatic N) is 4. The highest BCUT2D eigenvalue weighted by Crippen LogP contribution is 2.31. The van der Waals surface area contributed by atoms with Crippen LogP contribution < -0.4 is 19.5 Å². The Morgan fingerprint density at radius 1 is 0.907 bits per heavy atom. The zero-order chi connectivity index (χ0) is 30.8. The van der Waals surface area contributed by atoms with Crippen molar-refractivity contribution in [2.75, 3.05) is 33.3 Å². The second-order valence-electron chi connectivity index (χ2n) is 9.13. The van der Waals surface area contributed by atoms with Crippen LogP contribution in [-0.4, -0.2) is 55.9 Å². The van der Waals surface area contributed by atoms with Gasteiger partial charge in [-0.1, -0.05) is 6.07 Å². The number of aromatic nitrogens is 4. The maximum absolute atomic E-state index is 12.8. The lowest BCUT2D eigenvalue weighted by atomic mass is 10.2. The highest BCUT2D eigenvalue weighted by atomic mass is 32.2. The van der Waals surface area contributed by atoms with Gasteiger partial charge in [-0.15, -0.1) is 5.10 Å². The molecule has 0 aliphatic rings. The molecule has 0 fully saturated rings. The fourth-order valence-electron chi connectivity index (χ4n) is 4.33. The Kier molecular flexibility index (Phi) is 8.28. The van der Waals surface area contributed by atoms with Crippen LogP contribution in [-0.2, 0) is 33.4 Å². The van der Waals surface area contributed by atoms with Crippen molar-refractivity contribution < 1.29 is 40.0 Å². The minimum Gasteiger partial charge on any atom is -0.497 e. The second-order valence-corrected chi connectivity index (χ2v) is 10.8. The van der Waals surface area contributed by atoms with Crippen LogP contribution in [0.4, 0.5) is 19.1 Å². The molecule has 0 atom stereocenters. The molecule has 0 unspecified atom stereocenters. The molecule has 1 N–H and O–H groups in total. The molecule has 0 bridgehead atoms. The lowest BCUT2D eigenvalue weighted by molar-refractivity contribution is -0.137. The molecule has 0 saturated carbocycles. The summed E-state index contributed by atoms with van der Waals surface area (Å²) in [5.74, 6) is 2.35. The molecule has 11 nitrogen and oxygen atoms in total. The second kappa shape index (κ2) is 11.9. The number of fused-ring (bicyclic) bond motifs is 3. The van der Waals surface area contributed by atoms with E-state index in [4.69, 9.17) is 23.4 Å². The molecular weight excluding hydrogens is 591 g/mol. The molecule has 2 aromatic heterocycles. The number of methoxy groups -OCH3 is 3. The zero-order valence-corrected chi connectivity index (χ0v) is 24.0. The summed E-state index contributed by atoms with van der Waals surface area (Å²) in [4.78, 5) is 8.92. The maximum atomic E-state index is 12.8. The zero-order valence-electron chi connectivity index (χ0n) is 23.2. The van der Waals surface area contributed by atoms with Gasteiger partial charge >= 0.3 is 6.18 Å². The van der Waals surface area contributed by atoms with Crippen molar-refractivity contribution in [2.45, 2.75) is 24.0 Å². The monoisotopic (exact) mass is 617 g/mol. The summed E-state index contributed by atoms with van der Waals surface area (Å²) in [7, 11) is 0.328. The third-order valence-electron chi connectivity index (χ3n) is 6.49. The van der Waals surface area contributed by atoms with Gasteiger partial charge in [0.05, 0.1) is 38.4 Å². The van der Waals surface area contributed by atoms with Crippen LogP contribution in [0.2, 0.25) is 0 Å². The minimum absolute atomic E-state index is 0.0151. The quantitative estimate of drug-likeness (QED) is 0.205. The van der Waals surface area contributed by atoms with Crippen LogP contribution in [0.1, 0.15) is 17.0 Å². The lowest BCUT2D eigenvalue weighted by Crippen LogP contribution is -2.11. The Morgan fingerprint density at radius 2 is 1.65 bits per heavy atom. The van der Waals surface area contributed by atoms with Crippen LogP contribution in [0.5, 0.6) is 17.2 Å². The van der Waals surface area contributed by atoms with E-state index in [1.807, 2.05) is 6.07 Å². The van der Waals surface area contributed by atoms with Crippen molar-refractivity contribution in [3.8, 4) is 17.2 Å². The van der Waals surface area contributed by atoms with E-state index >= 15 is 0 Å². The molecule has 226 valence electrons. The normalized spacial score (nSPS) is 12.0. The number of rotatable bonds is 11. The van der Waals surface area contributed by atoms with E-state index in [2.05, 4.69) is 15.4 Å². The molecule has 0 spiro atoms. The van der Waals surface area contributed by atoms with Crippen molar-refractivity contribution in [2.24, 2.45) is 0 Å². The summed E-state index contributed by atoms with van der Waals surface area (Å²) in [6, 6.07) is 13.8. The number of benzene rings is 3. The fraction of sp³-hybridized carbons (Fsp3) is 0.250. The third-order valence-corrected chi connectivity index (χ3v) is 7.82. The van der Waals surface area contributed by atoms with Gasteiger partial charge in [0.2, 0.25) is 5.95 Å². The number of hydrogen-bond donors (Lipinski definition) is 1. The predicted molar refractivity (Wildman–Crippen MR) is 150 cm³/mol. The molecule has 2 heterocycles. The molecule has 0 saturated heterocycles. The Morgan fingerprint density at radius 3 is 2.33 bits per heavy atom. The first-order valence-electron chi connectivity index (χ1n) is 12.8. The molecule has 0 aliphatic heterocycles. The van der Waals surface area contributed by atoms with E-state index in [-0.39, 0.29) is 18.9 Å². The van der Waals surface area contributed by atoms with Gasteiger partial charge in [0.25, 0.3) is 10.1 Å². The van der Waals surface area contributed by atoms with Gasteiger partial charge in [0.1, 0.15) is 22.8 Å². The standard InChI is InChI=1S/C28H26F3N5O6S/c1-39-19-10-7-17(23(15-19)41-3)16-32-27-34-25-21(5-4-6-22(25)40-2)26-33-24(35-36(26)27)13-14-42-43(37,38)20-11-8-18(9-12-20)28(29,30)31/h4-12,15H,13-14,16H2,1-3H3,(H,32,34). The minimum atomic E-state index is -4.59. The van der Waals surface area contributed by atoms with Crippen LogP contribution in [0.3, 0.4) is 0 Å². The first-order valence-corrected chi connectivity index (χ1v) is 14.2. The molecule has 15 heteroatoms. The third kappa shape index (κ3) is 6.27. The van der Waals surface area contributed by atoms with Gasteiger partial charge < -0.3 is 19.5 Å². The van der Waals surface area contributed by atoms with Crippen LogP contribution in [0, 0.1) is 0 Å². The Labute approximate surface area is 244 Å². The number of alkyl halides is 3. The van der Waals surface area contributed by atoms with Crippen LogP contribution in [0.25, 0.3) is 16.6 Å². The van der Waals surface area contributed by atoms with Crippen molar-refractivity contribution in [3.63, 3.8) is 0 Å². The Balaban J connectivity index is 1.41. The highest BCUT2D eigenvalue weighted by molar-refractivity contribution is 7.86. The van der Waals surface area contributed by atoms with Gasteiger partial charge in [-0.05, 0) is 48.5 Å². The van der Waals surface area contributed by atoms with Crippen molar-refractivity contribution >= 4 is 32.6 Å². The SMILES string of the molecule is COc1ccc(CNc2nc3c(OC)cccc3c3nc(CCOS(=O)(=O)c4ccc(C(F)(F)F)cc4)nn23)c(OC)c1. The number of nitrogens with one attached hydrogen (secondary N) is 1. The average Bonchev–Trinajstić information content (AvgIpc) is 3.43. The molecule has 5 aromatic rings. The number of para-hydroxylation sites is 1. The molecular formula is C28H26F3N5O6S. The van der Waals surface area contributed by atoms with Gasteiger partial charge in [0.15, 0.2) is 11.5 Å². The summed E-state index contributed by atoms with van der Waals surface area (Å²) < 4.78 is 86.5. The average molecular weight is 618 g/mol. The predicted octanol–water partition coefficient (Wildman–Crippen LogP) is 4.88. The van der Waals surface area contributed by atoms with Crippen molar-refractivity contribution in [1.29, 1.82) is 0 Å². The number of hydrogen-bond acceptors (Lipinski definition) is 10. The summed E-state index contributed by atoms with van der Waals surface area (Å²) >= 11 is 0. The molecule has 43 heavy (non-hydrogen) atoms. The van der Waals surface area contributed by atoms with Gasteiger partial charge in [0, 0.05) is 30.0 Å².